The van der Waals surface area contributed by atoms with Crippen molar-refractivity contribution in [3.8, 4) is 0 Å². The van der Waals surface area contributed by atoms with Crippen LogP contribution in [0.1, 0.15) is 73.1 Å². The van der Waals surface area contributed by atoms with Crippen molar-refractivity contribution in [2.45, 2.75) is 57.4 Å². The molecule has 0 spiro atoms. The first-order chi connectivity index (χ1) is 11.6. The molecule has 2 aromatic rings. The molecule has 2 fully saturated rings. The highest BCUT2D eigenvalue weighted by molar-refractivity contribution is 6.06. The van der Waals surface area contributed by atoms with Gasteiger partial charge in [0.15, 0.2) is 0 Å². The van der Waals surface area contributed by atoms with Gasteiger partial charge >= 0.3 is 0 Å². The first-order valence-corrected chi connectivity index (χ1v) is 8.95. The summed E-state index contributed by atoms with van der Waals surface area (Å²) in [4.78, 5) is 17.4. The Morgan fingerprint density at radius 1 is 1.40 bits per heavy atom. The molecular formula is C18H25ClN4O2. The molecule has 3 heterocycles. The van der Waals surface area contributed by atoms with E-state index in [4.69, 9.17) is 4.52 Å². The summed E-state index contributed by atoms with van der Waals surface area (Å²) in [5, 5.41) is 11.4. The molecule has 1 saturated heterocycles. The van der Waals surface area contributed by atoms with Gasteiger partial charge in [0.25, 0.3) is 11.6 Å². The first-order valence-electron chi connectivity index (χ1n) is 8.95. The molecule has 1 amide bonds. The summed E-state index contributed by atoms with van der Waals surface area (Å²) in [6, 6.07) is 2.32. The van der Waals surface area contributed by atoms with E-state index in [1.165, 1.54) is 6.42 Å². The van der Waals surface area contributed by atoms with Crippen molar-refractivity contribution in [1.29, 1.82) is 0 Å². The summed E-state index contributed by atoms with van der Waals surface area (Å²) in [6.07, 6.45) is 4.56. The van der Waals surface area contributed by atoms with Crippen molar-refractivity contribution in [2.24, 2.45) is 0 Å². The van der Waals surface area contributed by atoms with Gasteiger partial charge in [-0.3, -0.25) is 4.79 Å². The number of rotatable bonds is 5. The summed E-state index contributed by atoms with van der Waals surface area (Å²) in [7, 11) is 0. The zero-order valence-electron chi connectivity index (χ0n) is 14.7. The van der Waals surface area contributed by atoms with Crippen LogP contribution in [-0.2, 0) is 0 Å². The third-order valence-corrected chi connectivity index (χ3v) is 4.95. The molecule has 2 aromatic heterocycles. The van der Waals surface area contributed by atoms with Gasteiger partial charge in [0.2, 0.25) is 0 Å². The third kappa shape index (κ3) is 3.65. The Labute approximate surface area is 153 Å². The Bertz CT molecular complexity index is 764. The van der Waals surface area contributed by atoms with Crippen LogP contribution in [0.3, 0.4) is 0 Å². The molecule has 0 bridgehead atoms. The maximum absolute atomic E-state index is 12.8. The lowest BCUT2D eigenvalue weighted by molar-refractivity contribution is 0.0951. The van der Waals surface area contributed by atoms with Crippen LogP contribution in [-0.4, -0.2) is 35.2 Å². The number of aromatic nitrogens is 2. The Morgan fingerprint density at radius 3 is 2.84 bits per heavy atom. The number of fused-ring (bicyclic) bond motifs is 1. The van der Waals surface area contributed by atoms with Gasteiger partial charge in [-0.2, -0.15) is 0 Å². The number of hydrogen-bond acceptors (Lipinski definition) is 5. The number of carbonyl (C=O) groups is 1. The molecule has 1 aliphatic heterocycles. The molecule has 4 rings (SSSR count). The van der Waals surface area contributed by atoms with E-state index in [1.54, 1.807) is 0 Å². The van der Waals surface area contributed by atoms with Gasteiger partial charge < -0.3 is 15.2 Å². The Hall–Kier alpha value is -1.66. The fraction of sp³-hybridized carbons (Fsp3) is 0.611. The van der Waals surface area contributed by atoms with Crippen molar-refractivity contribution < 1.29 is 9.32 Å². The van der Waals surface area contributed by atoms with Gasteiger partial charge in [-0.15, -0.1) is 12.4 Å². The zero-order valence-corrected chi connectivity index (χ0v) is 15.5. The lowest BCUT2D eigenvalue weighted by atomic mass is 10.0. The monoisotopic (exact) mass is 364 g/mol. The second-order valence-electron chi connectivity index (χ2n) is 7.27. The van der Waals surface area contributed by atoms with Crippen LogP contribution in [0.25, 0.3) is 11.1 Å². The standard InChI is InChI=1S/C18H24N4O2.ClH/c1-10(2)16-15-13(17(23)20-9-12-4-3-7-19-12)8-14(11-5-6-11)21-18(15)24-22-16;/h8,10-12,19H,3-7,9H2,1-2H3,(H,20,23);1H. The van der Waals surface area contributed by atoms with Gasteiger partial charge in [-0.25, -0.2) is 4.98 Å². The van der Waals surface area contributed by atoms with Crippen LogP contribution in [0.5, 0.6) is 0 Å². The Balaban J connectivity index is 0.00000182. The van der Waals surface area contributed by atoms with E-state index >= 15 is 0 Å². The average Bonchev–Trinajstić information content (AvgIpc) is 3.12. The molecular weight excluding hydrogens is 340 g/mol. The average molecular weight is 365 g/mol. The van der Waals surface area contributed by atoms with Gasteiger partial charge in [-0.1, -0.05) is 19.0 Å². The molecule has 6 nitrogen and oxygen atoms in total. The summed E-state index contributed by atoms with van der Waals surface area (Å²) >= 11 is 0. The molecule has 136 valence electrons. The molecule has 1 saturated carbocycles. The van der Waals surface area contributed by atoms with Crippen LogP contribution in [0.15, 0.2) is 10.6 Å². The quantitative estimate of drug-likeness (QED) is 0.852. The molecule has 1 unspecified atom stereocenters. The molecule has 0 radical (unpaired) electrons. The second kappa shape index (κ2) is 7.30. The van der Waals surface area contributed by atoms with Crippen LogP contribution >= 0.6 is 12.4 Å². The van der Waals surface area contributed by atoms with Crippen molar-refractivity contribution in [2.75, 3.05) is 13.1 Å². The van der Waals surface area contributed by atoms with E-state index in [1.807, 2.05) is 6.07 Å². The zero-order chi connectivity index (χ0) is 16.7. The normalized spacial score (nSPS) is 20.0. The number of amides is 1. The van der Waals surface area contributed by atoms with Crippen molar-refractivity contribution in [1.82, 2.24) is 20.8 Å². The summed E-state index contributed by atoms with van der Waals surface area (Å²) in [5.41, 5.74) is 2.92. The molecule has 0 aromatic carbocycles. The van der Waals surface area contributed by atoms with Gasteiger partial charge in [-0.05, 0) is 44.2 Å². The minimum Gasteiger partial charge on any atom is -0.350 e. The first kappa shape index (κ1) is 18.1. The van der Waals surface area contributed by atoms with Gasteiger partial charge in [0.1, 0.15) is 0 Å². The van der Waals surface area contributed by atoms with E-state index in [9.17, 15) is 4.79 Å². The predicted molar refractivity (Wildman–Crippen MR) is 98.5 cm³/mol. The summed E-state index contributed by atoms with van der Waals surface area (Å²) in [5.74, 6) is 0.594. The maximum Gasteiger partial charge on any atom is 0.259 e. The van der Waals surface area contributed by atoms with Crippen molar-refractivity contribution in [3.05, 3.63) is 23.0 Å². The number of nitrogens with one attached hydrogen (secondary N) is 2. The fourth-order valence-corrected chi connectivity index (χ4v) is 3.40. The topological polar surface area (TPSA) is 80.0 Å². The largest absolute Gasteiger partial charge is 0.350 e. The van der Waals surface area contributed by atoms with Crippen LogP contribution in [0.2, 0.25) is 0 Å². The van der Waals surface area contributed by atoms with E-state index in [0.29, 0.717) is 29.8 Å². The highest BCUT2D eigenvalue weighted by Gasteiger charge is 2.29. The molecule has 2 aliphatic rings. The second-order valence-corrected chi connectivity index (χ2v) is 7.27. The Morgan fingerprint density at radius 2 is 2.20 bits per heavy atom. The molecule has 1 aliphatic carbocycles. The molecule has 1 atom stereocenters. The molecule has 7 heteroatoms. The van der Waals surface area contributed by atoms with Crippen LogP contribution < -0.4 is 10.6 Å². The highest BCUT2D eigenvalue weighted by Crippen LogP contribution is 2.41. The third-order valence-electron chi connectivity index (χ3n) is 4.95. The number of carbonyl (C=O) groups excluding carboxylic acids is 1. The smallest absolute Gasteiger partial charge is 0.259 e. The minimum absolute atomic E-state index is 0. The molecule has 25 heavy (non-hydrogen) atoms. The van der Waals surface area contributed by atoms with Crippen LogP contribution in [0, 0.1) is 0 Å². The maximum atomic E-state index is 12.8. The Kier molecular flexibility index (Phi) is 5.29. The SMILES string of the molecule is CC(C)c1noc2nc(C3CC3)cc(C(=O)NCC3CCCN3)c12.Cl. The molecule has 2 N–H and O–H groups in total. The number of nitrogens with zero attached hydrogens (tertiary/aromatic N) is 2. The highest BCUT2D eigenvalue weighted by atomic mass is 35.5. The lowest BCUT2D eigenvalue weighted by Crippen LogP contribution is -2.37. The predicted octanol–water partition coefficient (Wildman–Crippen LogP) is 3.13. The summed E-state index contributed by atoms with van der Waals surface area (Å²) < 4.78 is 5.44. The van der Waals surface area contributed by atoms with Crippen LogP contribution in [0.4, 0.5) is 0 Å². The number of halogens is 1. The number of pyridine rings is 1. The van der Waals surface area contributed by atoms with Crippen molar-refractivity contribution >= 4 is 29.4 Å². The summed E-state index contributed by atoms with van der Waals surface area (Å²) in [6.45, 7) is 5.80. The van der Waals surface area contributed by atoms with Crippen molar-refractivity contribution in [3.63, 3.8) is 0 Å². The fourth-order valence-electron chi connectivity index (χ4n) is 3.40. The van der Waals surface area contributed by atoms with E-state index < -0.39 is 0 Å². The van der Waals surface area contributed by atoms with E-state index in [0.717, 1.165) is 42.6 Å². The lowest BCUT2D eigenvalue weighted by Gasteiger charge is -2.13. The number of hydrogen-bond donors (Lipinski definition) is 2. The van der Waals surface area contributed by atoms with Gasteiger partial charge in [0.05, 0.1) is 16.6 Å². The van der Waals surface area contributed by atoms with Gasteiger partial charge in [0, 0.05) is 24.2 Å². The van der Waals surface area contributed by atoms with E-state index in [2.05, 4.69) is 34.6 Å². The minimum atomic E-state index is -0.0527. The van der Waals surface area contributed by atoms with E-state index in [-0.39, 0.29) is 24.2 Å².